The van der Waals surface area contributed by atoms with Crippen molar-refractivity contribution >= 4 is 11.9 Å². The SMILES string of the molecule is CCCCCCCCCCCCCCCCCCOC(C)CC1C(=O)OC(=O)C1C. The second-order valence-corrected chi connectivity index (χ2v) is 9.36. The number of carbonyl (C=O) groups is 2. The van der Waals surface area contributed by atoms with Crippen molar-refractivity contribution in [2.45, 2.75) is 136 Å². The molecule has 1 heterocycles. The molecule has 1 rings (SSSR count). The Morgan fingerprint density at radius 2 is 1.17 bits per heavy atom. The van der Waals surface area contributed by atoms with E-state index in [1.54, 1.807) is 6.92 Å². The maximum atomic E-state index is 11.7. The number of hydrogen-bond donors (Lipinski definition) is 0. The molecule has 0 spiro atoms. The van der Waals surface area contributed by atoms with Crippen LogP contribution in [0.1, 0.15) is 130 Å². The van der Waals surface area contributed by atoms with Gasteiger partial charge in [-0.1, -0.05) is 110 Å². The minimum absolute atomic E-state index is 0.00718. The number of hydrogen-bond acceptors (Lipinski definition) is 4. The third kappa shape index (κ3) is 12.7. The van der Waals surface area contributed by atoms with Gasteiger partial charge in [0.25, 0.3) is 0 Å². The number of cyclic esters (lactones) is 2. The third-order valence-corrected chi connectivity index (χ3v) is 6.47. The zero-order chi connectivity index (χ0) is 22.0. The molecular formula is C26H48O4. The molecule has 1 aliphatic heterocycles. The molecule has 0 aromatic heterocycles. The fourth-order valence-electron chi connectivity index (χ4n) is 4.30. The predicted octanol–water partition coefficient (Wildman–Crippen LogP) is 7.38. The summed E-state index contributed by atoms with van der Waals surface area (Å²) >= 11 is 0. The van der Waals surface area contributed by atoms with Crippen LogP contribution in [-0.4, -0.2) is 24.6 Å². The highest BCUT2D eigenvalue weighted by Crippen LogP contribution is 2.28. The van der Waals surface area contributed by atoms with E-state index in [0.717, 1.165) is 13.0 Å². The molecule has 4 heteroatoms. The lowest BCUT2D eigenvalue weighted by Gasteiger charge is -2.16. The van der Waals surface area contributed by atoms with Crippen LogP contribution in [0.15, 0.2) is 0 Å². The van der Waals surface area contributed by atoms with E-state index < -0.39 is 5.97 Å². The van der Waals surface area contributed by atoms with Crippen LogP contribution in [0.2, 0.25) is 0 Å². The summed E-state index contributed by atoms with van der Waals surface area (Å²) in [7, 11) is 0. The number of unbranched alkanes of at least 4 members (excludes halogenated alkanes) is 15. The van der Waals surface area contributed by atoms with Crippen molar-refractivity contribution < 1.29 is 19.1 Å². The minimum Gasteiger partial charge on any atom is -0.393 e. The standard InChI is InChI=1S/C26H48O4/c1-4-5-6-7-8-9-10-11-12-13-14-15-16-17-18-19-20-29-22(2)21-24-23(3)25(27)30-26(24)28/h22-24H,4-21H2,1-3H3. The lowest BCUT2D eigenvalue weighted by molar-refractivity contribution is -0.154. The Morgan fingerprint density at radius 3 is 1.57 bits per heavy atom. The van der Waals surface area contributed by atoms with Gasteiger partial charge in [-0.3, -0.25) is 9.59 Å². The van der Waals surface area contributed by atoms with Crippen molar-refractivity contribution in [3.8, 4) is 0 Å². The lowest BCUT2D eigenvalue weighted by Crippen LogP contribution is -2.22. The summed E-state index contributed by atoms with van der Waals surface area (Å²) < 4.78 is 10.5. The largest absolute Gasteiger partial charge is 0.393 e. The van der Waals surface area contributed by atoms with Crippen molar-refractivity contribution in [2.24, 2.45) is 11.8 Å². The summed E-state index contributed by atoms with van der Waals surface area (Å²) in [6.45, 7) is 6.76. The molecule has 4 nitrogen and oxygen atoms in total. The van der Waals surface area contributed by atoms with E-state index in [1.807, 2.05) is 6.92 Å². The second kappa shape index (κ2) is 17.7. The molecule has 0 aromatic rings. The van der Waals surface area contributed by atoms with Gasteiger partial charge < -0.3 is 9.47 Å². The monoisotopic (exact) mass is 424 g/mol. The zero-order valence-corrected chi connectivity index (χ0v) is 20.1. The normalized spacial score (nSPS) is 20.0. The highest BCUT2D eigenvalue weighted by Gasteiger charge is 2.41. The van der Waals surface area contributed by atoms with Crippen LogP contribution < -0.4 is 0 Å². The van der Waals surface area contributed by atoms with Gasteiger partial charge in [0.05, 0.1) is 17.9 Å². The molecule has 30 heavy (non-hydrogen) atoms. The molecule has 0 amide bonds. The highest BCUT2D eigenvalue weighted by atomic mass is 16.6. The Morgan fingerprint density at radius 1 is 0.733 bits per heavy atom. The van der Waals surface area contributed by atoms with Gasteiger partial charge in [0.2, 0.25) is 0 Å². The van der Waals surface area contributed by atoms with Gasteiger partial charge in [-0.2, -0.15) is 0 Å². The van der Waals surface area contributed by atoms with Crippen molar-refractivity contribution in [3.63, 3.8) is 0 Å². The molecule has 0 radical (unpaired) electrons. The van der Waals surface area contributed by atoms with Crippen LogP contribution in [-0.2, 0) is 19.1 Å². The first-order chi connectivity index (χ1) is 14.6. The molecule has 3 unspecified atom stereocenters. The Labute approximate surface area is 185 Å². The van der Waals surface area contributed by atoms with E-state index >= 15 is 0 Å². The van der Waals surface area contributed by atoms with Gasteiger partial charge in [-0.05, 0) is 19.8 Å². The van der Waals surface area contributed by atoms with E-state index in [4.69, 9.17) is 9.47 Å². The van der Waals surface area contributed by atoms with E-state index in [1.165, 1.54) is 96.3 Å². The summed E-state index contributed by atoms with van der Waals surface area (Å²) in [4.78, 5) is 23.1. The molecule has 0 aromatic carbocycles. The quantitative estimate of drug-likeness (QED) is 0.116. The first-order valence-corrected chi connectivity index (χ1v) is 12.9. The van der Waals surface area contributed by atoms with Crippen LogP contribution >= 0.6 is 0 Å². The summed E-state index contributed by atoms with van der Waals surface area (Å²) in [5.74, 6) is -1.45. The average Bonchev–Trinajstić information content (AvgIpc) is 2.96. The molecule has 0 aliphatic carbocycles. The lowest BCUT2D eigenvalue weighted by atomic mass is 9.91. The van der Waals surface area contributed by atoms with Crippen molar-refractivity contribution in [2.75, 3.05) is 6.61 Å². The Kier molecular flexibility index (Phi) is 16.1. The maximum absolute atomic E-state index is 11.7. The molecule has 176 valence electrons. The van der Waals surface area contributed by atoms with Crippen molar-refractivity contribution in [1.82, 2.24) is 0 Å². The fourth-order valence-corrected chi connectivity index (χ4v) is 4.30. The first-order valence-electron chi connectivity index (χ1n) is 12.9. The number of carbonyl (C=O) groups excluding carboxylic acids is 2. The maximum Gasteiger partial charge on any atom is 0.317 e. The van der Waals surface area contributed by atoms with Crippen LogP contribution in [0.3, 0.4) is 0 Å². The van der Waals surface area contributed by atoms with E-state index in [9.17, 15) is 9.59 Å². The van der Waals surface area contributed by atoms with Gasteiger partial charge in [-0.25, -0.2) is 0 Å². The van der Waals surface area contributed by atoms with Crippen molar-refractivity contribution in [1.29, 1.82) is 0 Å². The molecule has 1 aliphatic rings. The van der Waals surface area contributed by atoms with Crippen LogP contribution in [0.25, 0.3) is 0 Å². The predicted molar refractivity (Wildman–Crippen MR) is 123 cm³/mol. The first kappa shape index (κ1) is 27.1. The van der Waals surface area contributed by atoms with E-state index in [0.29, 0.717) is 6.42 Å². The Hall–Kier alpha value is -0.900. The summed E-state index contributed by atoms with van der Waals surface area (Å²) in [5.41, 5.74) is 0. The second-order valence-electron chi connectivity index (χ2n) is 9.36. The molecule has 0 N–H and O–H groups in total. The van der Waals surface area contributed by atoms with E-state index in [-0.39, 0.29) is 23.9 Å². The van der Waals surface area contributed by atoms with Crippen molar-refractivity contribution in [3.05, 3.63) is 0 Å². The molecule has 3 atom stereocenters. The topological polar surface area (TPSA) is 52.6 Å². The van der Waals surface area contributed by atoms with Gasteiger partial charge in [0.1, 0.15) is 0 Å². The summed E-state index contributed by atoms with van der Waals surface area (Å²) in [6, 6.07) is 0. The van der Waals surface area contributed by atoms with Gasteiger partial charge in [0.15, 0.2) is 0 Å². The number of ether oxygens (including phenoxy) is 2. The van der Waals surface area contributed by atoms with Gasteiger partial charge in [0, 0.05) is 6.61 Å². The molecule has 1 saturated heterocycles. The number of esters is 2. The minimum atomic E-state index is -0.394. The molecule has 0 bridgehead atoms. The zero-order valence-electron chi connectivity index (χ0n) is 20.1. The summed E-state index contributed by atoms with van der Waals surface area (Å²) in [5, 5.41) is 0. The highest BCUT2D eigenvalue weighted by molar-refractivity contribution is 5.96. The Balaban J connectivity index is 1.80. The molecule has 1 fully saturated rings. The van der Waals surface area contributed by atoms with Crippen LogP contribution in [0.5, 0.6) is 0 Å². The van der Waals surface area contributed by atoms with Crippen LogP contribution in [0, 0.1) is 11.8 Å². The molecular weight excluding hydrogens is 376 g/mol. The van der Waals surface area contributed by atoms with Gasteiger partial charge in [-0.15, -0.1) is 0 Å². The fraction of sp³-hybridized carbons (Fsp3) is 0.923. The third-order valence-electron chi connectivity index (χ3n) is 6.47. The smallest absolute Gasteiger partial charge is 0.317 e. The van der Waals surface area contributed by atoms with E-state index in [2.05, 4.69) is 6.92 Å². The van der Waals surface area contributed by atoms with Gasteiger partial charge >= 0.3 is 11.9 Å². The average molecular weight is 425 g/mol. The molecule has 0 saturated carbocycles. The Bertz CT molecular complexity index is 448. The van der Waals surface area contributed by atoms with Crippen LogP contribution in [0.4, 0.5) is 0 Å². The number of rotatable bonds is 20. The summed E-state index contributed by atoms with van der Waals surface area (Å²) in [6.07, 6.45) is 22.4.